The molecular weight excluding hydrogens is 416 g/mol. The van der Waals surface area contributed by atoms with Crippen LogP contribution in [0.5, 0.6) is 5.75 Å². The Labute approximate surface area is 198 Å². The number of amides is 2. The molecule has 0 spiro atoms. The number of rotatable bonds is 11. The summed E-state index contributed by atoms with van der Waals surface area (Å²) in [7, 11) is 1.62. The molecule has 0 saturated carbocycles. The second kappa shape index (κ2) is 11.9. The number of carbonyl (C=O) groups is 2. The molecule has 2 aromatic rings. The molecule has 7 nitrogen and oxygen atoms in total. The Morgan fingerprint density at radius 3 is 2.33 bits per heavy atom. The van der Waals surface area contributed by atoms with E-state index in [1.165, 1.54) is 0 Å². The van der Waals surface area contributed by atoms with E-state index in [1.54, 1.807) is 16.7 Å². The molecule has 1 aromatic heterocycles. The standard InChI is InChI=1S/C26H40N4O3/c1-8-9-10-11-12-25(32)29(19(2)3)18-24(31)27-23-17-22(26(4,5)6)28-30(23)20-13-15-21(33-7)16-14-20/h13-17,19H,8-12,18H2,1-7H3,(H,27,31). The average Bonchev–Trinajstić information content (AvgIpc) is 3.19. The summed E-state index contributed by atoms with van der Waals surface area (Å²) >= 11 is 0. The van der Waals surface area contributed by atoms with Crippen LogP contribution in [0.1, 0.15) is 79.3 Å². The monoisotopic (exact) mass is 456 g/mol. The largest absolute Gasteiger partial charge is 0.497 e. The van der Waals surface area contributed by atoms with E-state index < -0.39 is 0 Å². The van der Waals surface area contributed by atoms with Crippen LogP contribution >= 0.6 is 0 Å². The molecule has 0 fully saturated rings. The Morgan fingerprint density at radius 2 is 1.79 bits per heavy atom. The summed E-state index contributed by atoms with van der Waals surface area (Å²) in [6.07, 6.45) is 4.63. The molecule has 0 bridgehead atoms. The smallest absolute Gasteiger partial charge is 0.245 e. The van der Waals surface area contributed by atoms with E-state index in [0.29, 0.717) is 12.2 Å². The van der Waals surface area contributed by atoms with Crippen molar-refractivity contribution in [1.82, 2.24) is 14.7 Å². The average molecular weight is 457 g/mol. The summed E-state index contributed by atoms with van der Waals surface area (Å²) in [6.45, 7) is 12.3. The normalized spacial score (nSPS) is 11.5. The number of nitrogens with one attached hydrogen (secondary N) is 1. The number of ether oxygens (including phenoxy) is 1. The summed E-state index contributed by atoms with van der Waals surface area (Å²) < 4.78 is 6.98. The lowest BCUT2D eigenvalue weighted by Crippen LogP contribution is -2.42. The van der Waals surface area contributed by atoms with Gasteiger partial charge in [-0.2, -0.15) is 5.10 Å². The first kappa shape index (κ1) is 26.4. The van der Waals surface area contributed by atoms with Crippen LogP contribution in [-0.2, 0) is 15.0 Å². The summed E-state index contributed by atoms with van der Waals surface area (Å²) in [5.41, 5.74) is 1.49. The van der Waals surface area contributed by atoms with Gasteiger partial charge in [0, 0.05) is 23.9 Å². The minimum Gasteiger partial charge on any atom is -0.497 e. The number of benzene rings is 1. The summed E-state index contributed by atoms with van der Waals surface area (Å²) in [6, 6.07) is 9.36. The first-order valence-electron chi connectivity index (χ1n) is 11.9. The van der Waals surface area contributed by atoms with Crippen LogP contribution in [0.15, 0.2) is 30.3 Å². The maximum Gasteiger partial charge on any atom is 0.245 e. The minimum atomic E-state index is -0.235. The van der Waals surface area contributed by atoms with Crippen LogP contribution in [-0.4, -0.2) is 46.2 Å². The van der Waals surface area contributed by atoms with E-state index >= 15 is 0 Å². The number of hydrogen-bond donors (Lipinski definition) is 1. The van der Waals surface area contributed by atoms with Gasteiger partial charge in [0.05, 0.1) is 18.5 Å². The number of carbonyl (C=O) groups excluding carboxylic acids is 2. The number of aromatic nitrogens is 2. The number of methoxy groups -OCH3 is 1. The Bertz CT molecular complexity index is 911. The molecule has 33 heavy (non-hydrogen) atoms. The van der Waals surface area contributed by atoms with E-state index in [2.05, 4.69) is 33.0 Å². The maximum absolute atomic E-state index is 13.0. The van der Waals surface area contributed by atoms with Crippen molar-refractivity contribution in [2.45, 2.75) is 85.1 Å². The van der Waals surface area contributed by atoms with Crippen molar-refractivity contribution in [2.75, 3.05) is 19.0 Å². The van der Waals surface area contributed by atoms with E-state index in [-0.39, 0.29) is 29.8 Å². The summed E-state index contributed by atoms with van der Waals surface area (Å²) in [4.78, 5) is 27.4. The maximum atomic E-state index is 13.0. The van der Waals surface area contributed by atoms with Crippen LogP contribution in [0.3, 0.4) is 0 Å². The van der Waals surface area contributed by atoms with Gasteiger partial charge in [0.1, 0.15) is 18.1 Å². The van der Waals surface area contributed by atoms with Gasteiger partial charge < -0.3 is 15.0 Å². The second-order valence-corrected chi connectivity index (χ2v) is 9.75. The lowest BCUT2D eigenvalue weighted by molar-refractivity contribution is -0.136. The highest BCUT2D eigenvalue weighted by atomic mass is 16.5. The van der Waals surface area contributed by atoms with Gasteiger partial charge in [-0.05, 0) is 44.5 Å². The Morgan fingerprint density at radius 1 is 1.12 bits per heavy atom. The molecule has 0 radical (unpaired) electrons. The number of anilines is 1. The van der Waals surface area contributed by atoms with Crippen LogP contribution < -0.4 is 10.1 Å². The first-order valence-corrected chi connectivity index (χ1v) is 11.9. The fourth-order valence-electron chi connectivity index (χ4n) is 3.50. The molecule has 7 heteroatoms. The van der Waals surface area contributed by atoms with Gasteiger partial charge in [-0.25, -0.2) is 4.68 Å². The van der Waals surface area contributed by atoms with Gasteiger partial charge in [-0.15, -0.1) is 0 Å². The van der Waals surface area contributed by atoms with Crippen molar-refractivity contribution in [3.05, 3.63) is 36.0 Å². The van der Waals surface area contributed by atoms with Crippen molar-refractivity contribution >= 4 is 17.6 Å². The van der Waals surface area contributed by atoms with E-state index in [1.807, 2.05) is 44.2 Å². The molecule has 182 valence electrons. The molecular formula is C26H40N4O3. The highest BCUT2D eigenvalue weighted by Gasteiger charge is 2.24. The molecule has 0 aliphatic carbocycles. The van der Waals surface area contributed by atoms with Crippen LogP contribution in [0, 0.1) is 0 Å². The molecule has 2 amide bonds. The molecule has 0 saturated heterocycles. The first-order chi connectivity index (χ1) is 15.6. The molecule has 1 heterocycles. The van der Waals surface area contributed by atoms with E-state index in [9.17, 15) is 9.59 Å². The van der Waals surface area contributed by atoms with Gasteiger partial charge in [-0.1, -0.05) is 47.0 Å². The van der Waals surface area contributed by atoms with Crippen molar-refractivity contribution < 1.29 is 14.3 Å². The van der Waals surface area contributed by atoms with Crippen molar-refractivity contribution in [3.8, 4) is 11.4 Å². The second-order valence-electron chi connectivity index (χ2n) is 9.75. The summed E-state index contributed by atoms with van der Waals surface area (Å²) in [5, 5.41) is 7.73. The van der Waals surface area contributed by atoms with Crippen LogP contribution in [0.2, 0.25) is 0 Å². The predicted octanol–water partition coefficient (Wildman–Crippen LogP) is 5.32. The van der Waals surface area contributed by atoms with Gasteiger partial charge in [0.15, 0.2) is 0 Å². The fourth-order valence-corrected chi connectivity index (χ4v) is 3.50. The predicted molar refractivity (Wildman–Crippen MR) is 133 cm³/mol. The van der Waals surface area contributed by atoms with Crippen LogP contribution in [0.4, 0.5) is 5.82 Å². The third-order valence-electron chi connectivity index (χ3n) is 5.56. The molecule has 0 aliphatic rings. The van der Waals surface area contributed by atoms with E-state index in [0.717, 1.165) is 42.8 Å². The Balaban J connectivity index is 2.20. The van der Waals surface area contributed by atoms with Crippen molar-refractivity contribution in [1.29, 1.82) is 0 Å². The molecule has 1 aromatic carbocycles. The molecule has 0 atom stereocenters. The number of unbranched alkanes of at least 4 members (excludes halogenated alkanes) is 3. The Hall–Kier alpha value is -2.83. The topological polar surface area (TPSA) is 76.5 Å². The zero-order valence-corrected chi connectivity index (χ0v) is 21.3. The quantitative estimate of drug-likeness (QED) is 0.464. The molecule has 1 N–H and O–H groups in total. The van der Waals surface area contributed by atoms with Gasteiger partial charge in [-0.3, -0.25) is 9.59 Å². The summed E-state index contributed by atoms with van der Waals surface area (Å²) in [5.74, 6) is 1.11. The van der Waals surface area contributed by atoms with Crippen molar-refractivity contribution in [3.63, 3.8) is 0 Å². The van der Waals surface area contributed by atoms with E-state index in [4.69, 9.17) is 9.84 Å². The molecule has 0 unspecified atom stereocenters. The third kappa shape index (κ3) is 7.62. The van der Waals surface area contributed by atoms with Gasteiger partial charge in [0.2, 0.25) is 11.8 Å². The SMILES string of the molecule is CCCCCCC(=O)N(CC(=O)Nc1cc(C(C)(C)C)nn1-c1ccc(OC)cc1)C(C)C. The van der Waals surface area contributed by atoms with Crippen molar-refractivity contribution in [2.24, 2.45) is 0 Å². The van der Waals surface area contributed by atoms with Gasteiger partial charge >= 0.3 is 0 Å². The highest BCUT2D eigenvalue weighted by molar-refractivity contribution is 5.94. The lowest BCUT2D eigenvalue weighted by Gasteiger charge is -2.26. The Kier molecular flexibility index (Phi) is 9.50. The van der Waals surface area contributed by atoms with Crippen LogP contribution in [0.25, 0.3) is 5.69 Å². The zero-order chi connectivity index (χ0) is 24.6. The zero-order valence-electron chi connectivity index (χ0n) is 21.3. The minimum absolute atomic E-state index is 0.0168. The number of hydrogen-bond acceptors (Lipinski definition) is 4. The lowest BCUT2D eigenvalue weighted by atomic mass is 9.92. The molecule has 0 aliphatic heterocycles. The third-order valence-corrected chi connectivity index (χ3v) is 5.56. The number of nitrogens with zero attached hydrogens (tertiary/aromatic N) is 3. The highest BCUT2D eigenvalue weighted by Crippen LogP contribution is 2.27. The van der Waals surface area contributed by atoms with Gasteiger partial charge in [0.25, 0.3) is 0 Å². The molecule has 2 rings (SSSR count). The fraction of sp³-hybridized carbons (Fsp3) is 0.577.